The number of H-pyrrole nitrogens is 1. The molecule has 1 unspecified atom stereocenters. The Balaban J connectivity index is 3.02. The summed E-state index contributed by atoms with van der Waals surface area (Å²) in [6.45, 7) is 7.71. The molecule has 0 bridgehead atoms. The van der Waals surface area contributed by atoms with Crippen LogP contribution in [0.4, 0.5) is 0 Å². The second-order valence-electron chi connectivity index (χ2n) is 4.26. The maximum atomic E-state index is 10.1. The largest absolute Gasteiger partial charge is 0.382 e. The number of aromatic amines is 1. The average Bonchev–Trinajstić information content (AvgIpc) is 2.34. The van der Waals surface area contributed by atoms with Crippen molar-refractivity contribution < 1.29 is 5.11 Å². The highest BCUT2D eigenvalue weighted by Gasteiger charge is 2.38. The van der Waals surface area contributed by atoms with Gasteiger partial charge in [-0.3, -0.25) is 0 Å². The number of hydrogen-bond donors (Lipinski definition) is 2. The van der Waals surface area contributed by atoms with Gasteiger partial charge in [0.05, 0.1) is 0 Å². The molecule has 0 fully saturated rings. The van der Waals surface area contributed by atoms with Crippen molar-refractivity contribution in [3.63, 3.8) is 0 Å². The highest BCUT2D eigenvalue weighted by atomic mass is 16.3. The van der Waals surface area contributed by atoms with Crippen LogP contribution in [0.2, 0.25) is 0 Å². The van der Waals surface area contributed by atoms with Gasteiger partial charge in [0.1, 0.15) is 11.4 Å². The van der Waals surface area contributed by atoms with Crippen molar-refractivity contribution in [2.45, 2.75) is 33.3 Å². The molecule has 3 nitrogen and oxygen atoms in total. The van der Waals surface area contributed by atoms with Crippen molar-refractivity contribution in [3.8, 4) is 0 Å². The number of rotatable bonds is 1. The Hall–Kier alpha value is -0.830. The number of imidazole rings is 1. The highest BCUT2D eigenvalue weighted by molar-refractivity contribution is 5.04. The third-order valence-electron chi connectivity index (χ3n) is 2.42. The van der Waals surface area contributed by atoms with Crippen molar-refractivity contribution in [1.82, 2.24) is 9.97 Å². The molecule has 1 aromatic heterocycles. The van der Waals surface area contributed by atoms with E-state index < -0.39 is 5.60 Å². The van der Waals surface area contributed by atoms with Gasteiger partial charge in [-0.1, -0.05) is 20.8 Å². The molecular formula is C9H16N2O. The summed E-state index contributed by atoms with van der Waals surface area (Å²) in [5.41, 5.74) is -1.12. The molecule has 0 aliphatic rings. The molecule has 3 heteroatoms. The molecule has 12 heavy (non-hydrogen) atoms. The van der Waals surface area contributed by atoms with Crippen LogP contribution in [-0.4, -0.2) is 15.1 Å². The first kappa shape index (κ1) is 9.26. The Morgan fingerprint density at radius 3 is 2.25 bits per heavy atom. The second kappa shape index (κ2) is 2.59. The van der Waals surface area contributed by atoms with Gasteiger partial charge in [0.2, 0.25) is 0 Å². The summed E-state index contributed by atoms with van der Waals surface area (Å²) in [7, 11) is 0. The lowest BCUT2D eigenvalue weighted by molar-refractivity contribution is -0.0538. The van der Waals surface area contributed by atoms with E-state index in [9.17, 15) is 5.11 Å². The van der Waals surface area contributed by atoms with Gasteiger partial charge in [0, 0.05) is 12.4 Å². The number of hydrogen-bond acceptors (Lipinski definition) is 2. The van der Waals surface area contributed by atoms with Gasteiger partial charge in [-0.15, -0.1) is 0 Å². The summed E-state index contributed by atoms with van der Waals surface area (Å²) in [5, 5.41) is 10.1. The first-order valence-corrected chi connectivity index (χ1v) is 4.08. The zero-order chi connectivity index (χ0) is 9.41. The second-order valence-corrected chi connectivity index (χ2v) is 4.26. The van der Waals surface area contributed by atoms with Gasteiger partial charge >= 0.3 is 0 Å². The van der Waals surface area contributed by atoms with Crippen LogP contribution < -0.4 is 0 Å². The zero-order valence-electron chi connectivity index (χ0n) is 8.05. The van der Waals surface area contributed by atoms with Gasteiger partial charge in [-0.25, -0.2) is 4.98 Å². The molecule has 0 saturated carbocycles. The number of aliphatic hydroxyl groups is 1. The van der Waals surface area contributed by atoms with E-state index in [1.165, 1.54) is 0 Å². The van der Waals surface area contributed by atoms with Crippen molar-refractivity contribution in [3.05, 3.63) is 18.2 Å². The fourth-order valence-corrected chi connectivity index (χ4v) is 0.887. The van der Waals surface area contributed by atoms with Crippen LogP contribution in [0.5, 0.6) is 0 Å². The fraction of sp³-hybridized carbons (Fsp3) is 0.667. The first-order chi connectivity index (χ1) is 5.36. The van der Waals surface area contributed by atoms with E-state index in [-0.39, 0.29) is 5.41 Å². The van der Waals surface area contributed by atoms with Gasteiger partial charge in [0.15, 0.2) is 0 Å². The van der Waals surface area contributed by atoms with Crippen LogP contribution >= 0.6 is 0 Å². The average molecular weight is 168 g/mol. The third-order valence-corrected chi connectivity index (χ3v) is 2.42. The third kappa shape index (κ3) is 1.37. The van der Waals surface area contributed by atoms with Crippen LogP contribution in [0.15, 0.2) is 12.4 Å². The monoisotopic (exact) mass is 168 g/mol. The van der Waals surface area contributed by atoms with Crippen LogP contribution in [0, 0.1) is 5.41 Å². The predicted molar refractivity (Wildman–Crippen MR) is 47.6 cm³/mol. The molecule has 0 aromatic carbocycles. The van der Waals surface area contributed by atoms with E-state index >= 15 is 0 Å². The number of nitrogens with one attached hydrogen (secondary N) is 1. The van der Waals surface area contributed by atoms with Crippen LogP contribution in [0.3, 0.4) is 0 Å². The van der Waals surface area contributed by atoms with Gasteiger partial charge < -0.3 is 10.1 Å². The summed E-state index contributed by atoms with van der Waals surface area (Å²) in [5.74, 6) is 0.620. The molecule has 1 atom stereocenters. The van der Waals surface area contributed by atoms with E-state index in [0.717, 1.165) is 0 Å². The minimum absolute atomic E-state index is 0.217. The Kier molecular flexibility index (Phi) is 2.00. The predicted octanol–water partition coefficient (Wildman–Crippen LogP) is 1.66. The SMILES string of the molecule is CC(C)(C)C(C)(O)c1ncc[nH]1. The summed E-state index contributed by atoms with van der Waals surface area (Å²) >= 11 is 0. The minimum Gasteiger partial charge on any atom is -0.382 e. The van der Waals surface area contributed by atoms with E-state index in [1.54, 1.807) is 19.3 Å². The number of nitrogens with zero attached hydrogens (tertiary/aromatic N) is 1. The van der Waals surface area contributed by atoms with Crippen molar-refractivity contribution in [1.29, 1.82) is 0 Å². The molecule has 68 valence electrons. The fourth-order valence-electron chi connectivity index (χ4n) is 0.887. The molecule has 2 N–H and O–H groups in total. The highest BCUT2D eigenvalue weighted by Crippen LogP contribution is 2.36. The maximum absolute atomic E-state index is 10.1. The molecule has 0 saturated heterocycles. The Bertz CT molecular complexity index is 244. The Labute approximate surface area is 72.8 Å². The lowest BCUT2D eigenvalue weighted by Crippen LogP contribution is -2.37. The lowest BCUT2D eigenvalue weighted by atomic mass is 9.77. The zero-order valence-corrected chi connectivity index (χ0v) is 8.05. The smallest absolute Gasteiger partial charge is 0.138 e. The summed E-state index contributed by atoms with van der Waals surface area (Å²) in [4.78, 5) is 6.97. The van der Waals surface area contributed by atoms with Crippen molar-refractivity contribution in [2.75, 3.05) is 0 Å². The van der Waals surface area contributed by atoms with Gasteiger partial charge in [0.25, 0.3) is 0 Å². The Morgan fingerprint density at radius 2 is 1.92 bits per heavy atom. The molecule has 1 aromatic rings. The first-order valence-electron chi connectivity index (χ1n) is 4.08. The summed E-state index contributed by atoms with van der Waals surface area (Å²) < 4.78 is 0. The quantitative estimate of drug-likeness (QED) is 0.670. The van der Waals surface area contributed by atoms with Crippen molar-refractivity contribution >= 4 is 0 Å². The molecule has 0 amide bonds. The topological polar surface area (TPSA) is 48.9 Å². The molecule has 1 rings (SSSR count). The van der Waals surface area contributed by atoms with Gasteiger partial charge in [-0.2, -0.15) is 0 Å². The standard InChI is InChI=1S/C9H16N2O/c1-8(2,3)9(4,12)7-10-5-6-11-7/h5-6,12H,1-4H3,(H,10,11). The molecule has 0 aliphatic carbocycles. The lowest BCUT2D eigenvalue weighted by Gasteiger charge is -2.35. The Morgan fingerprint density at radius 1 is 1.33 bits per heavy atom. The minimum atomic E-state index is -0.906. The molecule has 1 heterocycles. The van der Waals surface area contributed by atoms with Crippen LogP contribution in [-0.2, 0) is 5.60 Å². The van der Waals surface area contributed by atoms with E-state index in [2.05, 4.69) is 9.97 Å². The van der Waals surface area contributed by atoms with E-state index in [1.807, 2.05) is 20.8 Å². The molecule has 0 spiro atoms. The van der Waals surface area contributed by atoms with Crippen molar-refractivity contribution in [2.24, 2.45) is 5.41 Å². The maximum Gasteiger partial charge on any atom is 0.138 e. The van der Waals surface area contributed by atoms with Gasteiger partial charge in [-0.05, 0) is 12.3 Å². The molecule has 0 aliphatic heterocycles. The van der Waals surface area contributed by atoms with E-state index in [0.29, 0.717) is 5.82 Å². The van der Waals surface area contributed by atoms with Crippen LogP contribution in [0.25, 0.3) is 0 Å². The summed E-state index contributed by atoms with van der Waals surface area (Å²) in [6, 6.07) is 0. The summed E-state index contributed by atoms with van der Waals surface area (Å²) in [6.07, 6.45) is 3.37. The van der Waals surface area contributed by atoms with Crippen LogP contribution in [0.1, 0.15) is 33.5 Å². The number of aromatic nitrogens is 2. The molecular weight excluding hydrogens is 152 g/mol. The van der Waals surface area contributed by atoms with E-state index in [4.69, 9.17) is 0 Å². The normalized spacial score (nSPS) is 17.4. The molecule has 0 radical (unpaired) electrons.